The van der Waals surface area contributed by atoms with Crippen LogP contribution in [0.5, 0.6) is 0 Å². The average Bonchev–Trinajstić information content (AvgIpc) is 3.02. The molecule has 3 rings (SSSR count). The summed E-state index contributed by atoms with van der Waals surface area (Å²) in [5.74, 6) is 0.356. The Bertz CT molecular complexity index is 769. The van der Waals surface area contributed by atoms with E-state index in [2.05, 4.69) is 10.2 Å². The second-order valence-electron chi connectivity index (χ2n) is 7.54. The van der Waals surface area contributed by atoms with Crippen LogP contribution in [-0.2, 0) is 11.2 Å². The zero-order chi connectivity index (χ0) is 18.7. The molecule has 140 valence electrons. The highest BCUT2D eigenvalue weighted by molar-refractivity contribution is 5.68. The number of likely N-dealkylation sites (tertiary alicyclic amines) is 1. The molecule has 1 aliphatic heterocycles. The first-order valence-corrected chi connectivity index (χ1v) is 8.90. The van der Waals surface area contributed by atoms with E-state index < -0.39 is 5.60 Å². The number of piperidine rings is 1. The fourth-order valence-corrected chi connectivity index (χ4v) is 3.05. The van der Waals surface area contributed by atoms with Gasteiger partial charge < -0.3 is 14.1 Å². The summed E-state index contributed by atoms with van der Waals surface area (Å²) in [7, 11) is 0. The van der Waals surface area contributed by atoms with E-state index in [1.54, 1.807) is 17.0 Å². The van der Waals surface area contributed by atoms with Gasteiger partial charge in [0.25, 0.3) is 0 Å². The van der Waals surface area contributed by atoms with Crippen LogP contribution in [0.2, 0.25) is 0 Å². The van der Waals surface area contributed by atoms with Gasteiger partial charge in [0, 0.05) is 24.6 Å². The van der Waals surface area contributed by atoms with E-state index in [4.69, 9.17) is 9.15 Å². The molecule has 1 unspecified atom stereocenters. The summed E-state index contributed by atoms with van der Waals surface area (Å²) in [4.78, 5) is 14.2. The maximum absolute atomic E-state index is 13.4. The SMILES string of the molecule is CC(C)(C)OC(=O)N1CCCCC1Cc1nnc(-c2cccc(F)c2)o1. The minimum absolute atomic E-state index is 0.0422. The molecule has 1 saturated heterocycles. The van der Waals surface area contributed by atoms with Crippen molar-refractivity contribution in [2.24, 2.45) is 0 Å². The van der Waals surface area contributed by atoms with Crippen molar-refractivity contribution in [1.82, 2.24) is 15.1 Å². The largest absolute Gasteiger partial charge is 0.444 e. The molecular weight excluding hydrogens is 337 g/mol. The van der Waals surface area contributed by atoms with Crippen LogP contribution in [0.3, 0.4) is 0 Å². The molecule has 1 amide bonds. The topological polar surface area (TPSA) is 68.5 Å². The van der Waals surface area contributed by atoms with Crippen molar-refractivity contribution in [3.63, 3.8) is 0 Å². The third-order valence-electron chi connectivity index (χ3n) is 4.20. The lowest BCUT2D eigenvalue weighted by molar-refractivity contribution is 0.00931. The van der Waals surface area contributed by atoms with Gasteiger partial charge in [0.1, 0.15) is 11.4 Å². The summed E-state index contributed by atoms with van der Waals surface area (Å²) in [5.41, 5.74) is 0.00472. The Labute approximate surface area is 152 Å². The first-order chi connectivity index (χ1) is 12.3. The van der Waals surface area contributed by atoms with Crippen molar-refractivity contribution in [2.45, 2.75) is 58.1 Å². The van der Waals surface area contributed by atoms with Gasteiger partial charge in [-0.1, -0.05) is 6.07 Å². The molecule has 1 fully saturated rings. The van der Waals surface area contributed by atoms with E-state index in [9.17, 15) is 9.18 Å². The molecule has 1 atom stereocenters. The van der Waals surface area contributed by atoms with Crippen molar-refractivity contribution < 1.29 is 18.3 Å². The predicted octanol–water partition coefficient (Wildman–Crippen LogP) is 4.21. The van der Waals surface area contributed by atoms with Crippen LogP contribution in [0.25, 0.3) is 11.5 Å². The summed E-state index contributed by atoms with van der Waals surface area (Å²) >= 11 is 0. The zero-order valence-corrected chi connectivity index (χ0v) is 15.4. The van der Waals surface area contributed by atoms with E-state index >= 15 is 0 Å². The van der Waals surface area contributed by atoms with Crippen molar-refractivity contribution in [3.05, 3.63) is 36.0 Å². The Balaban J connectivity index is 1.71. The lowest BCUT2D eigenvalue weighted by atomic mass is 10.00. The number of halogens is 1. The van der Waals surface area contributed by atoms with Gasteiger partial charge in [-0.3, -0.25) is 0 Å². The van der Waals surface area contributed by atoms with Crippen molar-refractivity contribution in [2.75, 3.05) is 6.54 Å². The number of aromatic nitrogens is 2. The van der Waals surface area contributed by atoms with Crippen LogP contribution in [0.1, 0.15) is 45.9 Å². The number of amides is 1. The smallest absolute Gasteiger partial charge is 0.410 e. The molecule has 1 aliphatic rings. The Morgan fingerprint density at radius 1 is 1.35 bits per heavy atom. The number of hydrogen-bond donors (Lipinski definition) is 0. The van der Waals surface area contributed by atoms with Crippen LogP contribution in [0.4, 0.5) is 9.18 Å². The second kappa shape index (κ2) is 7.43. The van der Waals surface area contributed by atoms with E-state index in [1.165, 1.54) is 12.1 Å². The molecule has 0 spiro atoms. The lowest BCUT2D eigenvalue weighted by Gasteiger charge is -2.36. The molecule has 1 aromatic carbocycles. The quantitative estimate of drug-likeness (QED) is 0.819. The highest BCUT2D eigenvalue weighted by Crippen LogP contribution is 2.25. The van der Waals surface area contributed by atoms with Crippen LogP contribution in [0.15, 0.2) is 28.7 Å². The first kappa shape index (κ1) is 18.4. The Kier molecular flexibility index (Phi) is 5.25. The molecular formula is C19H24FN3O3. The third kappa shape index (κ3) is 4.59. The Morgan fingerprint density at radius 3 is 2.88 bits per heavy atom. The highest BCUT2D eigenvalue weighted by atomic mass is 19.1. The average molecular weight is 361 g/mol. The van der Waals surface area contributed by atoms with E-state index in [-0.39, 0.29) is 23.8 Å². The number of benzene rings is 1. The molecule has 0 bridgehead atoms. The van der Waals surface area contributed by atoms with E-state index in [0.717, 1.165) is 19.3 Å². The van der Waals surface area contributed by atoms with E-state index in [1.807, 2.05) is 20.8 Å². The molecule has 0 aliphatic carbocycles. The summed E-state index contributed by atoms with van der Waals surface area (Å²) in [6.07, 6.45) is 2.99. The molecule has 6 nitrogen and oxygen atoms in total. The monoisotopic (exact) mass is 361 g/mol. The van der Waals surface area contributed by atoms with Gasteiger partial charge in [-0.25, -0.2) is 9.18 Å². The van der Waals surface area contributed by atoms with Gasteiger partial charge in [-0.05, 0) is 58.2 Å². The van der Waals surface area contributed by atoms with Crippen LogP contribution in [-0.4, -0.2) is 39.4 Å². The maximum Gasteiger partial charge on any atom is 0.410 e. The lowest BCUT2D eigenvalue weighted by Crippen LogP contribution is -2.47. The third-order valence-corrected chi connectivity index (χ3v) is 4.20. The van der Waals surface area contributed by atoms with Gasteiger partial charge in [-0.2, -0.15) is 0 Å². The van der Waals surface area contributed by atoms with Crippen LogP contribution >= 0.6 is 0 Å². The number of hydrogen-bond acceptors (Lipinski definition) is 5. The molecule has 26 heavy (non-hydrogen) atoms. The standard InChI is InChI=1S/C19H24FN3O3/c1-19(2,3)26-18(24)23-10-5-4-9-15(23)12-16-21-22-17(25-16)13-7-6-8-14(20)11-13/h6-8,11,15H,4-5,9-10,12H2,1-3H3. The Hall–Kier alpha value is -2.44. The number of rotatable bonds is 3. The predicted molar refractivity (Wildman–Crippen MR) is 94.0 cm³/mol. The number of ether oxygens (including phenoxy) is 1. The normalized spacial score (nSPS) is 18.0. The molecule has 0 radical (unpaired) electrons. The first-order valence-electron chi connectivity index (χ1n) is 8.90. The van der Waals surface area contributed by atoms with Crippen molar-refractivity contribution >= 4 is 6.09 Å². The summed E-state index contributed by atoms with van der Waals surface area (Å²) in [6, 6.07) is 5.99. The van der Waals surface area contributed by atoms with Crippen molar-refractivity contribution in [1.29, 1.82) is 0 Å². The van der Waals surface area contributed by atoms with Gasteiger partial charge in [0.05, 0.1) is 0 Å². The second-order valence-corrected chi connectivity index (χ2v) is 7.54. The van der Waals surface area contributed by atoms with Gasteiger partial charge in [-0.15, -0.1) is 10.2 Å². The van der Waals surface area contributed by atoms with Crippen molar-refractivity contribution in [3.8, 4) is 11.5 Å². The van der Waals surface area contributed by atoms with Gasteiger partial charge in [0.15, 0.2) is 0 Å². The number of carbonyl (C=O) groups is 1. The minimum Gasteiger partial charge on any atom is -0.444 e. The highest BCUT2D eigenvalue weighted by Gasteiger charge is 2.31. The molecule has 1 aromatic heterocycles. The molecule has 2 heterocycles. The molecule has 7 heteroatoms. The van der Waals surface area contributed by atoms with Gasteiger partial charge >= 0.3 is 6.09 Å². The maximum atomic E-state index is 13.4. The Morgan fingerprint density at radius 2 is 2.15 bits per heavy atom. The fourth-order valence-electron chi connectivity index (χ4n) is 3.05. The minimum atomic E-state index is -0.534. The van der Waals surface area contributed by atoms with Gasteiger partial charge in [0.2, 0.25) is 11.8 Å². The fraction of sp³-hybridized carbons (Fsp3) is 0.526. The number of nitrogens with zero attached hydrogens (tertiary/aromatic N) is 3. The summed E-state index contributed by atoms with van der Waals surface area (Å²) in [5, 5.41) is 8.07. The van der Waals surface area contributed by atoms with Crippen LogP contribution in [0, 0.1) is 5.82 Å². The molecule has 0 saturated carbocycles. The zero-order valence-electron chi connectivity index (χ0n) is 15.4. The number of carbonyl (C=O) groups excluding carboxylic acids is 1. The molecule has 0 N–H and O–H groups in total. The summed E-state index contributed by atoms with van der Waals surface area (Å²) < 4.78 is 24.6. The van der Waals surface area contributed by atoms with E-state index in [0.29, 0.717) is 24.4 Å². The summed E-state index contributed by atoms with van der Waals surface area (Å²) in [6.45, 7) is 6.22. The van der Waals surface area contributed by atoms with Crippen LogP contribution < -0.4 is 0 Å². The molecule has 2 aromatic rings.